The number of H-pyrrole nitrogens is 2. The van der Waals surface area contributed by atoms with Crippen LogP contribution in [0.2, 0.25) is 0 Å². The number of nitrogens with one attached hydrogen (secondary N) is 3. The minimum Gasteiger partial charge on any atom is -0.425 e. The number of carbonyl (C=O) groups excluding carboxylic acids is 3. The quantitative estimate of drug-likeness (QED) is 0.120. The highest BCUT2D eigenvalue weighted by Gasteiger charge is 2.76. The van der Waals surface area contributed by atoms with Crippen molar-refractivity contribution in [2.75, 3.05) is 56.0 Å². The molecule has 1 atom stereocenters. The molecule has 15 heteroatoms. The second-order valence-corrected chi connectivity index (χ2v) is 15.4. The summed E-state index contributed by atoms with van der Waals surface area (Å²) >= 11 is 6.47. The smallest absolute Gasteiger partial charge is 0.415 e. The van der Waals surface area contributed by atoms with Crippen molar-refractivity contribution in [3.05, 3.63) is 46.8 Å². The van der Waals surface area contributed by atoms with Crippen molar-refractivity contribution in [3.63, 3.8) is 0 Å². The predicted octanol–water partition coefficient (Wildman–Crippen LogP) is 4.93. The average molecular weight is 723 g/mol. The highest BCUT2D eigenvalue weighted by Crippen LogP contribution is 2.75. The van der Waals surface area contributed by atoms with E-state index in [9.17, 15) is 24.2 Å². The van der Waals surface area contributed by atoms with Crippen molar-refractivity contribution in [1.29, 1.82) is 0 Å². The summed E-state index contributed by atoms with van der Waals surface area (Å²) in [6.45, 7) is 5.96. The number of aromatic amines is 2. The molecule has 9 rings (SSSR count). The molecule has 2 bridgehead atoms. The SMILES string of the molecule is CNCCN(C)C(=O)Oc1cc2c(c3c(C)c[nH]c13)CCN2C(=O)C12CC(C(=O)N3C[C@@H](CCl)c4c3cc(OP(O)O)c3[nH]cc(C)c43)(C1)C2. The van der Waals surface area contributed by atoms with Gasteiger partial charge in [-0.15, -0.1) is 11.6 Å². The first-order valence-corrected chi connectivity index (χ1v) is 18.5. The minimum absolute atomic E-state index is 0.00178. The van der Waals surface area contributed by atoms with Crippen molar-refractivity contribution in [3.8, 4) is 11.5 Å². The highest BCUT2D eigenvalue weighted by atomic mass is 35.5. The summed E-state index contributed by atoms with van der Waals surface area (Å²) in [6, 6.07) is 3.50. The topological polar surface area (TPSA) is 163 Å². The fraction of sp³-hybridized carbons (Fsp3) is 0.457. The molecule has 4 heterocycles. The Labute approximate surface area is 294 Å². The Morgan fingerprint density at radius 3 is 2.26 bits per heavy atom. The van der Waals surface area contributed by atoms with Gasteiger partial charge in [-0.2, -0.15) is 0 Å². The van der Waals surface area contributed by atoms with E-state index in [1.165, 1.54) is 4.90 Å². The van der Waals surface area contributed by atoms with E-state index < -0.39 is 25.5 Å². The fourth-order valence-electron chi connectivity index (χ4n) is 8.99. The number of halogens is 1. The first-order chi connectivity index (χ1) is 23.9. The van der Waals surface area contributed by atoms with E-state index in [1.54, 1.807) is 24.1 Å². The summed E-state index contributed by atoms with van der Waals surface area (Å²) in [4.78, 5) is 72.6. The molecule has 3 amide bonds. The monoisotopic (exact) mass is 722 g/mol. The molecule has 2 aromatic carbocycles. The van der Waals surface area contributed by atoms with E-state index in [4.69, 9.17) is 20.9 Å². The lowest BCUT2D eigenvalue weighted by Crippen LogP contribution is -2.72. The number of anilines is 2. The first kappa shape index (κ1) is 33.3. The van der Waals surface area contributed by atoms with Gasteiger partial charge in [0.2, 0.25) is 11.8 Å². The molecule has 264 valence electrons. The zero-order valence-corrected chi connectivity index (χ0v) is 30.0. The molecule has 5 aliphatic rings. The van der Waals surface area contributed by atoms with Crippen LogP contribution in [0.1, 0.15) is 47.4 Å². The zero-order valence-electron chi connectivity index (χ0n) is 28.4. The molecule has 3 fully saturated rings. The van der Waals surface area contributed by atoms with Gasteiger partial charge in [0, 0.05) is 80.3 Å². The Hall–Kier alpha value is -3.87. The zero-order chi connectivity index (χ0) is 35.3. The summed E-state index contributed by atoms with van der Waals surface area (Å²) in [5.74, 6) is 0.790. The number of carbonyl (C=O) groups is 3. The third kappa shape index (κ3) is 4.77. The summed E-state index contributed by atoms with van der Waals surface area (Å²) in [7, 11) is 0.828. The Bertz CT molecular complexity index is 2070. The Balaban J connectivity index is 1.05. The number of aryl methyl sites for hydroxylation is 2. The second-order valence-electron chi connectivity index (χ2n) is 14.4. The maximum atomic E-state index is 14.4. The molecule has 0 unspecified atom stereocenters. The maximum Gasteiger partial charge on any atom is 0.415 e. The van der Waals surface area contributed by atoms with Gasteiger partial charge in [0.25, 0.3) is 0 Å². The van der Waals surface area contributed by atoms with Crippen LogP contribution in [-0.4, -0.2) is 88.7 Å². The Morgan fingerprint density at radius 2 is 1.62 bits per heavy atom. The van der Waals surface area contributed by atoms with Gasteiger partial charge in [-0.25, -0.2) is 4.79 Å². The van der Waals surface area contributed by atoms with Crippen molar-refractivity contribution in [1.82, 2.24) is 20.2 Å². The van der Waals surface area contributed by atoms with Crippen molar-refractivity contribution in [2.24, 2.45) is 10.8 Å². The third-order valence-corrected chi connectivity index (χ3v) is 12.1. The van der Waals surface area contributed by atoms with E-state index in [0.29, 0.717) is 74.7 Å². The predicted molar refractivity (Wildman–Crippen MR) is 191 cm³/mol. The van der Waals surface area contributed by atoms with Crippen LogP contribution >= 0.6 is 20.2 Å². The van der Waals surface area contributed by atoms with Gasteiger partial charge in [0.1, 0.15) is 0 Å². The lowest BCUT2D eigenvalue weighted by molar-refractivity contribution is -0.204. The number of ether oxygens (including phenoxy) is 1. The lowest BCUT2D eigenvalue weighted by atomic mass is 9.34. The largest absolute Gasteiger partial charge is 0.425 e. The number of hydrogen-bond acceptors (Lipinski definition) is 8. The van der Waals surface area contributed by atoms with Gasteiger partial charge < -0.3 is 49.0 Å². The number of aromatic nitrogens is 2. The van der Waals surface area contributed by atoms with Crippen LogP contribution in [-0.2, 0) is 16.0 Å². The minimum atomic E-state index is -2.68. The van der Waals surface area contributed by atoms with Crippen LogP contribution in [0.3, 0.4) is 0 Å². The molecule has 5 N–H and O–H groups in total. The van der Waals surface area contributed by atoms with E-state index in [-0.39, 0.29) is 23.5 Å². The first-order valence-electron chi connectivity index (χ1n) is 16.8. The molecule has 0 spiro atoms. The van der Waals surface area contributed by atoms with Gasteiger partial charge in [0.15, 0.2) is 11.5 Å². The van der Waals surface area contributed by atoms with Crippen molar-refractivity contribution >= 4 is 71.3 Å². The van der Waals surface area contributed by atoms with Crippen molar-refractivity contribution < 1.29 is 33.4 Å². The molecular weight excluding hydrogens is 683 g/mol. The molecular formula is C35H40ClN6O7P. The summed E-state index contributed by atoms with van der Waals surface area (Å²) in [6.07, 6.45) is 5.29. The Morgan fingerprint density at radius 1 is 1.00 bits per heavy atom. The molecule has 2 aromatic heterocycles. The second kappa shape index (κ2) is 11.8. The fourth-order valence-corrected chi connectivity index (χ4v) is 9.57. The highest BCUT2D eigenvalue weighted by molar-refractivity contribution is 7.39. The normalized spacial score (nSPS) is 23.2. The summed E-state index contributed by atoms with van der Waals surface area (Å²) < 4.78 is 11.3. The number of nitrogens with zero attached hydrogens (tertiary/aromatic N) is 3. The molecule has 0 saturated heterocycles. The lowest BCUT2D eigenvalue weighted by Gasteiger charge is -2.69. The van der Waals surface area contributed by atoms with Gasteiger partial charge in [0.05, 0.1) is 33.2 Å². The number of hydrogen-bond donors (Lipinski definition) is 5. The number of rotatable bonds is 9. The molecule has 13 nitrogen and oxygen atoms in total. The molecule has 4 aromatic rings. The summed E-state index contributed by atoms with van der Waals surface area (Å²) in [5, 5.41) is 4.87. The number of amides is 3. The van der Waals surface area contributed by atoms with Crippen LogP contribution in [0, 0.1) is 24.7 Å². The molecule has 2 aliphatic heterocycles. The molecule has 3 saturated carbocycles. The summed E-state index contributed by atoms with van der Waals surface area (Å²) in [5.41, 5.74) is 5.44. The molecule has 0 radical (unpaired) electrons. The number of fused-ring (bicyclic) bond motifs is 6. The van der Waals surface area contributed by atoms with Crippen LogP contribution in [0.4, 0.5) is 16.2 Å². The Kier molecular flexibility index (Phi) is 7.89. The van der Waals surface area contributed by atoms with Crippen LogP contribution in [0.5, 0.6) is 11.5 Å². The van der Waals surface area contributed by atoms with Crippen LogP contribution < -0.4 is 24.4 Å². The number of likely N-dealkylation sites (N-methyl/N-ethyl adjacent to an activating group) is 2. The number of benzene rings is 2. The van der Waals surface area contributed by atoms with Crippen molar-refractivity contribution in [2.45, 2.75) is 45.4 Å². The van der Waals surface area contributed by atoms with E-state index >= 15 is 0 Å². The molecule has 50 heavy (non-hydrogen) atoms. The van der Waals surface area contributed by atoms with E-state index in [0.717, 1.165) is 44.2 Å². The number of alkyl halides is 1. The van der Waals surface area contributed by atoms with E-state index in [2.05, 4.69) is 15.3 Å². The van der Waals surface area contributed by atoms with Gasteiger partial charge in [-0.3, -0.25) is 9.59 Å². The standard InChI is InChI=1S/C35H40ClN6O7P/c1-18-12-38-29-24(48-33(45)40(4)8-6-37-3)9-22-21(26(18)29)5-7-41(22)31(43)34-15-35(16-34,17-34)32(44)42-14-20(11-36)28-23(42)10-25(49-50(46)47)30-27(28)19(2)13-39-30/h9-10,12-13,20,37-39,46-47H,5-8,11,14-17H2,1-4H3/t20-,34?,35?/m1/s1. The van der Waals surface area contributed by atoms with E-state index in [1.807, 2.05) is 38.2 Å². The molecule has 3 aliphatic carbocycles. The third-order valence-electron chi connectivity index (χ3n) is 11.3. The van der Waals surface area contributed by atoms with Crippen LogP contribution in [0.15, 0.2) is 24.5 Å². The van der Waals surface area contributed by atoms with Gasteiger partial charge in [-0.1, -0.05) is 0 Å². The van der Waals surface area contributed by atoms with Gasteiger partial charge >= 0.3 is 14.7 Å². The average Bonchev–Trinajstić information content (AvgIpc) is 3.82. The van der Waals surface area contributed by atoms with Gasteiger partial charge in [-0.05, 0) is 68.8 Å². The maximum absolute atomic E-state index is 14.4. The van der Waals surface area contributed by atoms with Crippen LogP contribution in [0.25, 0.3) is 21.8 Å².